The van der Waals surface area contributed by atoms with Gasteiger partial charge in [-0.15, -0.1) is 0 Å². The van der Waals surface area contributed by atoms with Crippen LogP contribution in [0.2, 0.25) is 0 Å². The summed E-state index contributed by atoms with van der Waals surface area (Å²) >= 11 is 0. The third-order valence-corrected chi connectivity index (χ3v) is 4.86. The molecule has 5 nitrogen and oxygen atoms in total. The Morgan fingerprint density at radius 1 is 1.43 bits per heavy atom. The predicted octanol–water partition coefficient (Wildman–Crippen LogP) is 1.76. The number of benzene rings is 1. The number of carbonyl (C=O) groups is 1. The normalized spacial score (nSPS) is 27.9. The molecule has 1 amide bonds. The number of aliphatic hydroxyl groups is 1. The van der Waals surface area contributed by atoms with E-state index in [1.54, 1.807) is 0 Å². The highest BCUT2D eigenvalue weighted by atomic mass is 16.5. The van der Waals surface area contributed by atoms with E-state index in [4.69, 9.17) is 9.47 Å². The second-order valence-electron chi connectivity index (χ2n) is 6.50. The summed E-state index contributed by atoms with van der Waals surface area (Å²) in [4.78, 5) is 14.4. The molecule has 1 N–H and O–H groups in total. The number of ether oxygens (including phenoxy) is 2. The van der Waals surface area contributed by atoms with E-state index in [-0.39, 0.29) is 30.6 Å². The molecule has 0 bridgehead atoms. The van der Waals surface area contributed by atoms with E-state index in [1.807, 2.05) is 36.1 Å². The van der Waals surface area contributed by atoms with Gasteiger partial charge in [0.2, 0.25) is 0 Å². The number of hydrogen-bond donors (Lipinski definition) is 1. The van der Waals surface area contributed by atoms with Gasteiger partial charge in [0.05, 0.1) is 25.4 Å². The molecular formula is C18H25NO4. The van der Waals surface area contributed by atoms with E-state index >= 15 is 0 Å². The van der Waals surface area contributed by atoms with Crippen LogP contribution in [0, 0.1) is 12.8 Å². The molecule has 1 heterocycles. The van der Waals surface area contributed by atoms with Gasteiger partial charge < -0.3 is 19.5 Å². The lowest BCUT2D eigenvalue weighted by atomic mass is 9.94. The van der Waals surface area contributed by atoms with Gasteiger partial charge in [-0.1, -0.05) is 18.6 Å². The van der Waals surface area contributed by atoms with E-state index in [0.29, 0.717) is 25.5 Å². The molecule has 0 aromatic heterocycles. The Bertz CT molecular complexity index is 548. The summed E-state index contributed by atoms with van der Waals surface area (Å²) in [7, 11) is 0. The Morgan fingerprint density at radius 3 is 3.04 bits per heavy atom. The average molecular weight is 319 g/mol. The molecule has 0 spiro atoms. The summed E-state index contributed by atoms with van der Waals surface area (Å²) < 4.78 is 11.2. The summed E-state index contributed by atoms with van der Waals surface area (Å²) in [6.07, 6.45) is 2.47. The molecule has 1 saturated heterocycles. The summed E-state index contributed by atoms with van der Waals surface area (Å²) in [5, 5.41) is 10.2. The fourth-order valence-electron chi connectivity index (χ4n) is 3.64. The quantitative estimate of drug-likeness (QED) is 0.919. The van der Waals surface area contributed by atoms with Crippen LogP contribution in [0.1, 0.15) is 24.8 Å². The third-order valence-electron chi connectivity index (χ3n) is 4.86. The van der Waals surface area contributed by atoms with Gasteiger partial charge in [0.15, 0.2) is 6.61 Å². The maximum absolute atomic E-state index is 12.6. The standard InChI is InChI=1S/C18H25NO4/c1-13-4-2-5-14(10-13)23-12-18(21)19-8-9-22-11-16(19)15-6-3-7-17(15)20/h2,4-5,10,15-17,20H,3,6-9,11-12H2,1H3/t15-,16+,17-/m0/s1. The molecule has 0 radical (unpaired) electrons. The number of aryl methyl sites for hydroxylation is 1. The zero-order valence-corrected chi connectivity index (χ0v) is 13.6. The van der Waals surface area contributed by atoms with Gasteiger partial charge in [-0.2, -0.15) is 0 Å². The van der Waals surface area contributed by atoms with Gasteiger partial charge in [0, 0.05) is 12.5 Å². The SMILES string of the molecule is Cc1cccc(OCC(=O)N2CCOC[C@@H]2[C@@H]2CCC[C@@H]2O)c1. The molecule has 5 heteroatoms. The molecule has 3 rings (SSSR count). The van der Waals surface area contributed by atoms with Crippen molar-refractivity contribution < 1.29 is 19.4 Å². The van der Waals surface area contributed by atoms with Crippen LogP contribution in [0.15, 0.2) is 24.3 Å². The van der Waals surface area contributed by atoms with Crippen LogP contribution in [0.3, 0.4) is 0 Å². The number of nitrogens with zero attached hydrogens (tertiary/aromatic N) is 1. The first kappa shape index (κ1) is 16.3. The first-order chi connectivity index (χ1) is 11.1. The summed E-state index contributed by atoms with van der Waals surface area (Å²) in [6.45, 7) is 3.66. The van der Waals surface area contributed by atoms with Crippen molar-refractivity contribution >= 4 is 5.91 Å². The number of hydrogen-bond acceptors (Lipinski definition) is 4. The Morgan fingerprint density at radius 2 is 2.30 bits per heavy atom. The van der Waals surface area contributed by atoms with Gasteiger partial charge in [0.25, 0.3) is 5.91 Å². The predicted molar refractivity (Wildman–Crippen MR) is 86.3 cm³/mol. The van der Waals surface area contributed by atoms with Crippen molar-refractivity contribution in [1.29, 1.82) is 0 Å². The van der Waals surface area contributed by atoms with Crippen molar-refractivity contribution in [2.24, 2.45) is 5.92 Å². The van der Waals surface area contributed by atoms with Crippen molar-refractivity contribution in [1.82, 2.24) is 4.90 Å². The number of amides is 1. The molecule has 126 valence electrons. The van der Waals surface area contributed by atoms with Gasteiger partial charge in [-0.25, -0.2) is 0 Å². The third kappa shape index (κ3) is 3.85. The van der Waals surface area contributed by atoms with E-state index in [2.05, 4.69) is 0 Å². The molecule has 2 fully saturated rings. The molecule has 1 aliphatic carbocycles. The van der Waals surface area contributed by atoms with Crippen LogP contribution >= 0.6 is 0 Å². The van der Waals surface area contributed by atoms with Gasteiger partial charge in [-0.05, 0) is 37.5 Å². The Kier molecular flexibility index (Phi) is 5.18. The topological polar surface area (TPSA) is 59.0 Å². The van der Waals surface area contributed by atoms with Crippen LogP contribution in [0.5, 0.6) is 5.75 Å². The van der Waals surface area contributed by atoms with Crippen LogP contribution in [0.25, 0.3) is 0 Å². The lowest BCUT2D eigenvalue weighted by Crippen LogP contribution is -2.54. The fraction of sp³-hybridized carbons (Fsp3) is 0.611. The minimum Gasteiger partial charge on any atom is -0.484 e. The fourth-order valence-corrected chi connectivity index (χ4v) is 3.64. The maximum atomic E-state index is 12.6. The summed E-state index contributed by atoms with van der Waals surface area (Å²) in [5.41, 5.74) is 1.10. The molecule has 1 saturated carbocycles. The molecule has 3 atom stereocenters. The van der Waals surface area contributed by atoms with E-state index in [1.165, 1.54) is 0 Å². The lowest BCUT2D eigenvalue weighted by molar-refractivity contribution is -0.146. The van der Waals surface area contributed by atoms with Crippen molar-refractivity contribution in [3.8, 4) is 5.75 Å². The van der Waals surface area contributed by atoms with E-state index in [0.717, 1.165) is 24.8 Å². The van der Waals surface area contributed by atoms with Gasteiger partial charge in [-0.3, -0.25) is 4.79 Å². The number of carbonyl (C=O) groups excluding carboxylic acids is 1. The maximum Gasteiger partial charge on any atom is 0.260 e. The molecule has 1 aliphatic heterocycles. The minimum absolute atomic E-state index is 0.0288. The highest BCUT2D eigenvalue weighted by Crippen LogP contribution is 2.32. The highest BCUT2D eigenvalue weighted by Gasteiger charge is 2.39. The summed E-state index contributed by atoms with van der Waals surface area (Å²) in [5.74, 6) is 0.807. The smallest absolute Gasteiger partial charge is 0.260 e. The van der Waals surface area contributed by atoms with Crippen LogP contribution < -0.4 is 4.74 Å². The number of rotatable bonds is 4. The second-order valence-corrected chi connectivity index (χ2v) is 6.50. The lowest BCUT2D eigenvalue weighted by Gasteiger charge is -2.40. The van der Waals surface area contributed by atoms with Crippen molar-refractivity contribution in [3.05, 3.63) is 29.8 Å². The zero-order valence-electron chi connectivity index (χ0n) is 13.6. The van der Waals surface area contributed by atoms with Crippen LogP contribution in [-0.4, -0.2) is 54.4 Å². The summed E-state index contributed by atoms with van der Waals surface area (Å²) in [6, 6.07) is 7.66. The minimum atomic E-state index is -0.324. The molecule has 1 aromatic carbocycles. The van der Waals surface area contributed by atoms with Crippen LogP contribution in [0.4, 0.5) is 0 Å². The van der Waals surface area contributed by atoms with E-state index in [9.17, 15) is 9.90 Å². The van der Waals surface area contributed by atoms with E-state index < -0.39 is 0 Å². The van der Waals surface area contributed by atoms with Crippen LogP contribution in [-0.2, 0) is 9.53 Å². The first-order valence-corrected chi connectivity index (χ1v) is 8.40. The Balaban J connectivity index is 1.62. The van der Waals surface area contributed by atoms with Gasteiger partial charge in [0.1, 0.15) is 5.75 Å². The van der Waals surface area contributed by atoms with Gasteiger partial charge >= 0.3 is 0 Å². The Labute approximate surface area is 137 Å². The highest BCUT2D eigenvalue weighted by molar-refractivity contribution is 5.78. The second kappa shape index (κ2) is 7.32. The van der Waals surface area contributed by atoms with Crippen molar-refractivity contribution in [2.75, 3.05) is 26.4 Å². The van der Waals surface area contributed by atoms with Crippen molar-refractivity contribution in [2.45, 2.75) is 38.3 Å². The largest absolute Gasteiger partial charge is 0.484 e. The molecule has 0 unspecified atom stereocenters. The monoisotopic (exact) mass is 319 g/mol. The average Bonchev–Trinajstić information content (AvgIpc) is 2.98. The molecule has 23 heavy (non-hydrogen) atoms. The zero-order chi connectivity index (χ0) is 16.2. The molecular weight excluding hydrogens is 294 g/mol. The number of aliphatic hydroxyl groups excluding tert-OH is 1. The van der Waals surface area contributed by atoms with Crippen molar-refractivity contribution in [3.63, 3.8) is 0 Å². The number of morpholine rings is 1. The molecule has 2 aliphatic rings. The molecule has 1 aromatic rings. The first-order valence-electron chi connectivity index (χ1n) is 8.40. The Hall–Kier alpha value is -1.59.